The van der Waals surface area contributed by atoms with Crippen molar-refractivity contribution in [3.05, 3.63) is 29.8 Å². The lowest BCUT2D eigenvalue weighted by molar-refractivity contribution is -0.146. The number of ether oxygens (including phenoxy) is 1. The van der Waals surface area contributed by atoms with Gasteiger partial charge < -0.3 is 15.4 Å². The molecule has 4 aliphatic carbocycles. The third-order valence-corrected chi connectivity index (χ3v) is 7.15. The van der Waals surface area contributed by atoms with Gasteiger partial charge in [-0.3, -0.25) is 9.59 Å². The summed E-state index contributed by atoms with van der Waals surface area (Å²) in [6.45, 7) is 3.56. The van der Waals surface area contributed by atoms with Crippen molar-refractivity contribution in [1.29, 1.82) is 0 Å². The lowest BCUT2D eigenvalue weighted by Crippen LogP contribution is -2.54. The van der Waals surface area contributed by atoms with Gasteiger partial charge in [-0.15, -0.1) is 0 Å². The maximum atomic E-state index is 12.9. The summed E-state index contributed by atoms with van der Waals surface area (Å²) in [5.74, 6) is 3.44. The van der Waals surface area contributed by atoms with Crippen LogP contribution in [0, 0.1) is 30.1 Å². The standard InChI is InChI=1S/C24H34N2O3/c1-17-5-2-3-6-21(17)29-10-4-7-22(27)25-8-9-26-23(28)24-14-18-11-19(15-24)13-20(12-18)16-24/h2-3,5-6,18-20H,4,7-16H2,1H3,(H,25,27)(H,26,28). The predicted molar refractivity (Wildman–Crippen MR) is 113 cm³/mol. The molecule has 0 unspecified atom stereocenters. The quantitative estimate of drug-likeness (QED) is 0.625. The van der Waals surface area contributed by atoms with Gasteiger partial charge in [0.1, 0.15) is 5.75 Å². The van der Waals surface area contributed by atoms with E-state index in [9.17, 15) is 9.59 Å². The van der Waals surface area contributed by atoms with Gasteiger partial charge in [-0.2, -0.15) is 0 Å². The van der Waals surface area contributed by atoms with E-state index in [1.807, 2.05) is 31.2 Å². The van der Waals surface area contributed by atoms with Crippen LogP contribution in [0.5, 0.6) is 5.75 Å². The van der Waals surface area contributed by atoms with Gasteiger partial charge >= 0.3 is 0 Å². The maximum absolute atomic E-state index is 12.9. The summed E-state index contributed by atoms with van der Waals surface area (Å²) in [6.07, 6.45) is 8.39. The Morgan fingerprint density at radius 1 is 1.00 bits per heavy atom. The van der Waals surface area contributed by atoms with Crippen molar-refractivity contribution in [2.75, 3.05) is 19.7 Å². The minimum atomic E-state index is -0.105. The Morgan fingerprint density at radius 3 is 2.28 bits per heavy atom. The molecule has 0 aromatic heterocycles. The van der Waals surface area contributed by atoms with Crippen molar-refractivity contribution in [1.82, 2.24) is 10.6 Å². The average molecular weight is 399 g/mol. The Kier molecular flexibility index (Phi) is 6.12. The Morgan fingerprint density at radius 2 is 1.62 bits per heavy atom. The monoisotopic (exact) mass is 398 g/mol. The predicted octanol–water partition coefficient (Wildman–Crippen LogP) is 3.60. The number of carbonyl (C=O) groups is 2. The molecule has 158 valence electrons. The first-order valence-electron chi connectivity index (χ1n) is 11.3. The first kappa shape index (κ1) is 20.2. The second-order valence-corrected chi connectivity index (χ2v) is 9.52. The van der Waals surface area contributed by atoms with Gasteiger partial charge in [0, 0.05) is 24.9 Å². The smallest absolute Gasteiger partial charge is 0.226 e. The van der Waals surface area contributed by atoms with Crippen LogP contribution in [0.25, 0.3) is 0 Å². The molecule has 4 bridgehead atoms. The van der Waals surface area contributed by atoms with Gasteiger partial charge in [0.2, 0.25) is 11.8 Å². The van der Waals surface area contributed by atoms with Crippen molar-refractivity contribution < 1.29 is 14.3 Å². The van der Waals surface area contributed by atoms with Crippen LogP contribution in [-0.2, 0) is 9.59 Å². The number of nitrogens with one attached hydrogen (secondary N) is 2. The van der Waals surface area contributed by atoms with Crippen LogP contribution >= 0.6 is 0 Å². The number of benzene rings is 1. The molecular formula is C24H34N2O3. The summed E-state index contributed by atoms with van der Waals surface area (Å²) in [7, 11) is 0. The van der Waals surface area contributed by atoms with E-state index in [1.54, 1.807) is 0 Å². The normalized spacial score (nSPS) is 29.5. The molecule has 5 nitrogen and oxygen atoms in total. The van der Waals surface area contributed by atoms with Crippen molar-refractivity contribution in [3.63, 3.8) is 0 Å². The molecule has 0 heterocycles. The van der Waals surface area contributed by atoms with Crippen LogP contribution in [0.1, 0.15) is 56.9 Å². The molecule has 0 spiro atoms. The third-order valence-electron chi connectivity index (χ3n) is 7.15. The zero-order valence-corrected chi connectivity index (χ0v) is 17.5. The fourth-order valence-electron chi connectivity index (χ4n) is 6.18. The third kappa shape index (κ3) is 4.76. The molecule has 5 rings (SSSR count). The lowest BCUT2D eigenvalue weighted by atomic mass is 9.49. The van der Waals surface area contributed by atoms with Crippen LogP contribution < -0.4 is 15.4 Å². The van der Waals surface area contributed by atoms with Crippen LogP contribution in [0.2, 0.25) is 0 Å². The highest BCUT2D eigenvalue weighted by molar-refractivity contribution is 5.83. The first-order valence-corrected chi connectivity index (χ1v) is 11.3. The molecular weight excluding hydrogens is 364 g/mol. The molecule has 5 heteroatoms. The zero-order valence-electron chi connectivity index (χ0n) is 17.5. The molecule has 4 saturated carbocycles. The summed E-state index contributed by atoms with van der Waals surface area (Å²) in [6, 6.07) is 7.89. The molecule has 4 fully saturated rings. The van der Waals surface area contributed by atoms with Crippen molar-refractivity contribution >= 4 is 11.8 Å². The molecule has 1 aromatic rings. The van der Waals surface area contributed by atoms with E-state index in [4.69, 9.17) is 4.74 Å². The first-order chi connectivity index (χ1) is 14.0. The molecule has 4 aliphatic rings. The fraction of sp³-hybridized carbons (Fsp3) is 0.667. The van der Waals surface area contributed by atoms with E-state index < -0.39 is 0 Å². The van der Waals surface area contributed by atoms with Crippen LogP contribution in [0.4, 0.5) is 0 Å². The van der Waals surface area contributed by atoms with E-state index in [2.05, 4.69) is 10.6 Å². The van der Waals surface area contributed by atoms with Crippen LogP contribution in [0.3, 0.4) is 0 Å². The molecule has 2 amide bonds. The molecule has 2 N–H and O–H groups in total. The maximum Gasteiger partial charge on any atom is 0.226 e. The van der Waals surface area contributed by atoms with Crippen molar-refractivity contribution in [2.45, 2.75) is 58.3 Å². The second-order valence-electron chi connectivity index (χ2n) is 9.52. The minimum absolute atomic E-state index is 0.0161. The average Bonchev–Trinajstić information content (AvgIpc) is 2.68. The van der Waals surface area contributed by atoms with E-state index in [0.29, 0.717) is 32.5 Å². The SMILES string of the molecule is Cc1ccccc1OCCCC(=O)NCCNC(=O)C12CC3CC(CC(C3)C1)C2. The zero-order chi connectivity index (χ0) is 20.3. The van der Waals surface area contributed by atoms with E-state index in [-0.39, 0.29) is 17.2 Å². The van der Waals surface area contributed by atoms with E-state index in [0.717, 1.165) is 48.3 Å². The summed E-state index contributed by atoms with van der Waals surface area (Å²) < 4.78 is 5.72. The highest BCUT2D eigenvalue weighted by Gasteiger charge is 2.54. The topological polar surface area (TPSA) is 67.4 Å². The Bertz CT molecular complexity index is 710. The van der Waals surface area contributed by atoms with Gasteiger partial charge in [0.15, 0.2) is 0 Å². The molecule has 0 aliphatic heterocycles. The Balaban J connectivity index is 1.10. The van der Waals surface area contributed by atoms with Crippen molar-refractivity contribution in [3.8, 4) is 5.75 Å². The van der Waals surface area contributed by atoms with Gasteiger partial charge in [-0.1, -0.05) is 18.2 Å². The number of amides is 2. The van der Waals surface area contributed by atoms with Gasteiger partial charge in [-0.05, 0) is 81.3 Å². The van der Waals surface area contributed by atoms with E-state index >= 15 is 0 Å². The van der Waals surface area contributed by atoms with Crippen molar-refractivity contribution in [2.24, 2.45) is 23.2 Å². The molecule has 0 atom stereocenters. The largest absolute Gasteiger partial charge is 0.493 e. The summed E-state index contributed by atoms with van der Waals surface area (Å²) in [5.41, 5.74) is 0.998. The Labute approximate surface area is 174 Å². The number of hydrogen-bond acceptors (Lipinski definition) is 3. The molecule has 1 aromatic carbocycles. The Hall–Kier alpha value is -2.04. The highest BCUT2D eigenvalue weighted by atomic mass is 16.5. The highest BCUT2D eigenvalue weighted by Crippen LogP contribution is 2.60. The minimum Gasteiger partial charge on any atom is -0.493 e. The molecule has 0 radical (unpaired) electrons. The van der Waals surface area contributed by atoms with Gasteiger partial charge in [-0.25, -0.2) is 0 Å². The number of carbonyl (C=O) groups excluding carboxylic acids is 2. The second kappa shape index (κ2) is 8.76. The van der Waals surface area contributed by atoms with Gasteiger partial charge in [0.05, 0.1) is 6.61 Å². The molecule has 0 saturated heterocycles. The number of hydrogen-bond donors (Lipinski definition) is 2. The van der Waals surface area contributed by atoms with Gasteiger partial charge in [0.25, 0.3) is 0 Å². The molecule has 29 heavy (non-hydrogen) atoms. The fourth-order valence-corrected chi connectivity index (χ4v) is 6.18. The lowest BCUT2D eigenvalue weighted by Gasteiger charge is -2.55. The summed E-state index contributed by atoms with van der Waals surface area (Å²) >= 11 is 0. The van der Waals surface area contributed by atoms with E-state index in [1.165, 1.54) is 19.3 Å². The van der Waals surface area contributed by atoms with Crippen LogP contribution in [0.15, 0.2) is 24.3 Å². The number of rotatable bonds is 9. The summed E-state index contributed by atoms with van der Waals surface area (Å²) in [5, 5.41) is 6.02. The number of aryl methyl sites for hydroxylation is 1. The van der Waals surface area contributed by atoms with Crippen LogP contribution in [-0.4, -0.2) is 31.5 Å². The summed E-state index contributed by atoms with van der Waals surface area (Å²) in [4.78, 5) is 24.9. The number of para-hydroxylation sites is 1.